The molecule has 0 aromatic carbocycles. The Morgan fingerprint density at radius 2 is 0.745 bits per heavy atom. The summed E-state index contributed by atoms with van der Waals surface area (Å²) in [4.78, 5) is 95.9. The van der Waals surface area contributed by atoms with Crippen LogP contribution in [0.2, 0.25) is 0 Å². The predicted octanol–water partition coefficient (Wildman–Crippen LogP) is -13.6. The summed E-state index contributed by atoms with van der Waals surface area (Å²) in [5, 5.41) is 133. The molecular formula is C24H40Na6O25. The molecule has 0 aliphatic carbocycles. The quantitative estimate of drug-likeness (QED) is 0.0234. The average molecular weight is 866 g/mol. The summed E-state index contributed by atoms with van der Waals surface area (Å²) in [6.45, 7) is -2.40. The molecule has 14 N–H and O–H groups in total. The summed E-state index contributed by atoms with van der Waals surface area (Å²) in [6.07, 6.45) is -27.7. The zero-order valence-corrected chi connectivity index (χ0v) is 24.6. The molecule has 0 saturated carbocycles. The second-order valence-electron chi connectivity index (χ2n) is 10.2. The Bertz CT molecular complexity index is 1200. The molecule has 31 heteroatoms. The number of hydrogen-bond acceptors (Lipinski definition) is 23. The monoisotopic (exact) mass is 866 g/mol. The molecule has 55 heavy (non-hydrogen) atoms. The van der Waals surface area contributed by atoms with E-state index in [1.165, 1.54) is 0 Å². The third-order valence-electron chi connectivity index (χ3n) is 6.16. The van der Waals surface area contributed by atoms with Crippen LogP contribution < -0.4 is 0 Å². The summed E-state index contributed by atoms with van der Waals surface area (Å²) in [6, 6.07) is 0. The van der Waals surface area contributed by atoms with Gasteiger partial charge in [0.05, 0.1) is 38.9 Å². The van der Waals surface area contributed by atoms with Gasteiger partial charge in [-0.1, -0.05) is 0 Å². The molecule has 0 saturated heterocycles. The minimum absolute atomic E-state index is 0. The van der Waals surface area contributed by atoms with E-state index in [1.807, 2.05) is 0 Å². The zero-order chi connectivity index (χ0) is 38.6. The normalized spacial score (nSPS) is 15.9. The number of carbonyl (C=O) groups is 8. The van der Waals surface area contributed by atoms with Gasteiger partial charge in [-0.2, -0.15) is 0 Å². The summed E-state index contributed by atoms with van der Waals surface area (Å²) in [7, 11) is 0. The van der Waals surface area contributed by atoms with Crippen molar-refractivity contribution in [3.05, 3.63) is 0 Å². The molecule has 0 aliphatic heterocycles. The van der Waals surface area contributed by atoms with Gasteiger partial charge in [-0.3, -0.25) is 19.2 Å². The van der Waals surface area contributed by atoms with Crippen molar-refractivity contribution in [3.8, 4) is 0 Å². The van der Waals surface area contributed by atoms with E-state index in [4.69, 9.17) is 20.4 Å². The van der Waals surface area contributed by atoms with E-state index in [0.29, 0.717) is 0 Å². The number of hydrogen-bond donors (Lipinski definition) is 14. The molecule has 0 heterocycles. The number of esters is 6. The molecule has 0 spiro atoms. The van der Waals surface area contributed by atoms with E-state index in [0.717, 1.165) is 0 Å². The van der Waals surface area contributed by atoms with E-state index in [2.05, 4.69) is 14.2 Å². The Hall–Kier alpha value is 1.88. The van der Waals surface area contributed by atoms with Crippen molar-refractivity contribution >= 4 is 225 Å². The van der Waals surface area contributed by atoms with Crippen LogP contribution in [0.25, 0.3) is 0 Å². The molecule has 292 valence electrons. The molecule has 0 fully saturated rings. The van der Waals surface area contributed by atoms with Gasteiger partial charge in [0, 0.05) is 0 Å². The van der Waals surface area contributed by atoms with Gasteiger partial charge in [0.2, 0.25) is 0 Å². The van der Waals surface area contributed by atoms with Crippen molar-refractivity contribution in [1.29, 1.82) is 0 Å². The van der Waals surface area contributed by atoms with Crippen molar-refractivity contribution in [2.24, 2.45) is 0 Å². The molecule has 0 aromatic rings. The van der Waals surface area contributed by atoms with Crippen LogP contribution >= 0.6 is 0 Å². The standard InChI is InChI=1S/C24H34O25.6Na.6H/c25-5-7(27)13(34)15(36)17(38)19(40)47-10(31)3-24(46,22(44)49-12(33)2-23(45,21(42)43)1-9(29)30)4-11(32)48-20(41)18(39)16(37)14(35)8(28)6-26;;;;;;;;;;;;/h7-8,13-18,25-28,34-39,45-46H,1-6H2,(H,29,30)(H,42,43);;;;;;;;;;;;/t7-,8-,13-,14-,15+,16+,17-,18-,23?;;;;;;;;;;;;/m1............/s1. The van der Waals surface area contributed by atoms with Gasteiger partial charge in [-0.05, 0) is 0 Å². The van der Waals surface area contributed by atoms with Gasteiger partial charge < -0.3 is 85.7 Å². The zero-order valence-electron chi connectivity index (χ0n) is 24.6. The van der Waals surface area contributed by atoms with E-state index in [9.17, 15) is 89.4 Å². The molecule has 0 radical (unpaired) electrons. The summed E-state index contributed by atoms with van der Waals surface area (Å²) >= 11 is 0. The first-order valence-corrected chi connectivity index (χ1v) is 13.2. The van der Waals surface area contributed by atoms with Crippen molar-refractivity contribution in [2.75, 3.05) is 13.2 Å². The third-order valence-corrected chi connectivity index (χ3v) is 6.16. The Morgan fingerprint density at radius 3 is 1.02 bits per heavy atom. The Balaban J connectivity index is -0.000000768. The van der Waals surface area contributed by atoms with Gasteiger partial charge in [0.15, 0.2) is 23.4 Å². The summed E-state index contributed by atoms with van der Waals surface area (Å²) in [5.74, 6) is -17.5. The van der Waals surface area contributed by atoms with Gasteiger partial charge in [-0.25, -0.2) is 19.2 Å². The van der Waals surface area contributed by atoms with Crippen LogP contribution in [0, 0.1) is 0 Å². The molecule has 0 aliphatic rings. The van der Waals surface area contributed by atoms with Crippen LogP contribution in [0.15, 0.2) is 0 Å². The first-order chi connectivity index (χ1) is 22.4. The first kappa shape index (κ1) is 71.4. The molecular weight excluding hydrogens is 826 g/mol. The minimum atomic E-state index is -3.83. The second kappa shape index (κ2) is 33.5. The summed E-state index contributed by atoms with van der Waals surface area (Å²) < 4.78 is 12.2. The van der Waals surface area contributed by atoms with E-state index < -0.39 is 147 Å². The average Bonchev–Trinajstić information content (AvgIpc) is 3.00. The van der Waals surface area contributed by atoms with Crippen LogP contribution in [0.1, 0.15) is 25.7 Å². The Labute approximate surface area is 441 Å². The molecule has 0 amide bonds. The van der Waals surface area contributed by atoms with Crippen molar-refractivity contribution in [1.82, 2.24) is 0 Å². The number of carboxylic acids is 2. The topological polar surface area (TPSA) is 447 Å². The fourth-order valence-electron chi connectivity index (χ4n) is 3.36. The summed E-state index contributed by atoms with van der Waals surface area (Å²) in [5.41, 5.74) is -7.26. The van der Waals surface area contributed by atoms with Crippen molar-refractivity contribution in [3.63, 3.8) is 0 Å². The molecule has 0 rings (SSSR count). The van der Waals surface area contributed by atoms with Crippen molar-refractivity contribution < 1.29 is 124 Å². The first-order valence-electron chi connectivity index (χ1n) is 13.2. The van der Waals surface area contributed by atoms with E-state index >= 15 is 0 Å². The maximum atomic E-state index is 12.7. The Kier molecular flexibility index (Phi) is 43.5. The van der Waals surface area contributed by atoms with Crippen LogP contribution in [0.5, 0.6) is 0 Å². The van der Waals surface area contributed by atoms with Gasteiger partial charge in [0.1, 0.15) is 36.6 Å². The predicted molar refractivity (Wildman–Crippen MR) is 182 cm³/mol. The van der Waals surface area contributed by atoms with Gasteiger partial charge >= 0.3 is 225 Å². The van der Waals surface area contributed by atoms with Crippen LogP contribution in [0.4, 0.5) is 0 Å². The SMILES string of the molecule is O=C(O)CC(O)(CC(=O)OC(=O)C(O)(CC(=O)OC(=O)[C@H](O)[C@@H](O)[C@H](O)[C@H](O)CO)CC(=O)OC(=O)[C@H](O)[C@@H](O)[C@H](O)[C@H](O)CO)C(=O)O.[NaH].[NaH].[NaH].[NaH].[NaH].[NaH]. The van der Waals surface area contributed by atoms with Gasteiger partial charge in [-0.15, -0.1) is 0 Å². The maximum absolute atomic E-state index is 12.7. The number of aliphatic carboxylic acids is 2. The van der Waals surface area contributed by atoms with Crippen molar-refractivity contribution in [2.45, 2.75) is 85.7 Å². The Morgan fingerprint density at radius 1 is 0.455 bits per heavy atom. The van der Waals surface area contributed by atoms with E-state index in [-0.39, 0.29) is 177 Å². The third kappa shape index (κ3) is 24.2. The molecule has 1 unspecified atom stereocenters. The second-order valence-corrected chi connectivity index (χ2v) is 10.2. The number of aliphatic hydroxyl groups is 12. The number of ether oxygens (including phenoxy) is 3. The molecule has 9 atom stereocenters. The number of carbonyl (C=O) groups excluding carboxylic acids is 6. The van der Waals surface area contributed by atoms with Crippen LogP contribution in [-0.2, 0) is 52.6 Å². The molecule has 25 nitrogen and oxygen atoms in total. The fourth-order valence-corrected chi connectivity index (χ4v) is 3.36. The van der Waals surface area contributed by atoms with E-state index in [1.54, 1.807) is 0 Å². The number of carboxylic acid groups (broad SMARTS) is 2. The number of aliphatic hydroxyl groups excluding tert-OH is 10. The number of rotatable bonds is 20. The molecule has 0 aromatic heterocycles. The van der Waals surface area contributed by atoms with Crippen LogP contribution in [-0.4, -0.2) is 370 Å². The van der Waals surface area contributed by atoms with Gasteiger partial charge in [0.25, 0.3) is 0 Å². The van der Waals surface area contributed by atoms with Crippen LogP contribution in [0.3, 0.4) is 0 Å². The fraction of sp³-hybridized carbons (Fsp3) is 0.667. The molecule has 0 bridgehead atoms.